The van der Waals surface area contributed by atoms with E-state index in [1.165, 1.54) is 20.8 Å². The molecule has 0 saturated carbocycles. The van der Waals surface area contributed by atoms with Gasteiger partial charge in [-0.1, -0.05) is 12.1 Å². The molecule has 1 aromatic carbocycles. The number of aryl methyl sites for hydroxylation is 1. The summed E-state index contributed by atoms with van der Waals surface area (Å²) in [6.45, 7) is 6.33. The molecule has 0 fully saturated rings. The van der Waals surface area contributed by atoms with Crippen molar-refractivity contribution >= 4 is 5.78 Å². The number of halogens is 1. The maximum atomic E-state index is 13.6. The van der Waals surface area contributed by atoms with Gasteiger partial charge in [-0.15, -0.1) is 0 Å². The van der Waals surface area contributed by atoms with E-state index >= 15 is 0 Å². The highest BCUT2D eigenvalue weighted by Crippen LogP contribution is 2.26. The first kappa shape index (κ1) is 10.9. The van der Waals surface area contributed by atoms with Crippen molar-refractivity contribution in [2.75, 3.05) is 0 Å². The normalized spacial score (nSPS) is 11.5. The van der Waals surface area contributed by atoms with Gasteiger partial charge >= 0.3 is 0 Å². The molecule has 0 N–H and O–H groups in total. The molecule has 0 aromatic heterocycles. The van der Waals surface area contributed by atoms with Crippen LogP contribution in [0.25, 0.3) is 0 Å². The first-order chi connectivity index (χ1) is 6.32. The lowest BCUT2D eigenvalue weighted by Gasteiger charge is -2.16. The first-order valence-electron chi connectivity index (χ1n) is 4.63. The van der Waals surface area contributed by atoms with Crippen LogP contribution in [0.5, 0.6) is 0 Å². The molecule has 0 heterocycles. The van der Waals surface area contributed by atoms with Crippen LogP contribution in [-0.2, 0) is 5.67 Å². The maximum Gasteiger partial charge on any atom is 0.160 e. The van der Waals surface area contributed by atoms with Gasteiger partial charge in [0, 0.05) is 5.56 Å². The number of alkyl halides is 1. The third kappa shape index (κ3) is 2.19. The first-order valence-corrected chi connectivity index (χ1v) is 4.63. The van der Waals surface area contributed by atoms with Crippen molar-refractivity contribution < 1.29 is 9.18 Å². The van der Waals surface area contributed by atoms with Crippen LogP contribution in [0.15, 0.2) is 18.2 Å². The van der Waals surface area contributed by atoms with Crippen LogP contribution < -0.4 is 0 Å². The predicted molar refractivity (Wildman–Crippen MR) is 55.3 cm³/mol. The standard InChI is InChI=1S/C12H15FO/c1-8-5-6-10(12(3,4)13)7-11(8)9(2)14/h5-7H,1-4H3. The average Bonchev–Trinajstić information content (AvgIpc) is 2.02. The van der Waals surface area contributed by atoms with Gasteiger partial charge in [0.15, 0.2) is 5.78 Å². The minimum atomic E-state index is -1.39. The SMILES string of the molecule is CC(=O)c1cc(C(C)(C)F)ccc1C. The van der Waals surface area contributed by atoms with Gasteiger partial charge in [-0.3, -0.25) is 4.79 Å². The highest BCUT2D eigenvalue weighted by Gasteiger charge is 2.20. The summed E-state index contributed by atoms with van der Waals surface area (Å²) in [6.07, 6.45) is 0. The largest absolute Gasteiger partial charge is 0.295 e. The Bertz CT molecular complexity index is 361. The maximum absolute atomic E-state index is 13.6. The van der Waals surface area contributed by atoms with Crippen LogP contribution in [-0.4, -0.2) is 5.78 Å². The summed E-state index contributed by atoms with van der Waals surface area (Å²) in [4.78, 5) is 11.2. The topological polar surface area (TPSA) is 17.1 Å². The number of benzene rings is 1. The zero-order valence-corrected chi connectivity index (χ0v) is 9.02. The predicted octanol–water partition coefficient (Wildman–Crippen LogP) is 3.40. The molecule has 0 radical (unpaired) electrons. The number of Topliss-reactive ketones (excluding diaryl/α,β-unsaturated/α-hetero) is 1. The fourth-order valence-corrected chi connectivity index (χ4v) is 1.37. The van der Waals surface area contributed by atoms with Crippen LogP contribution in [0.2, 0.25) is 0 Å². The number of ketones is 1. The Balaban J connectivity index is 3.27. The Morgan fingerprint density at radius 1 is 1.36 bits per heavy atom. The van der Waals surface area contributed by atoms with Gasteiger partial charge in [-0.2, -0.15) is 0 Å². The van der Waals surface area contributed by atoms with Crippen molar-refractivity contribution in [1.29, 1.82) is 0 Å². The van der Waals surface area contributed by atoms with Gasteiger partial charge in [0.05, 0.1) is 0 Å². The molecule has 76 valence electrons. The lowest BCUT2D eigenvalue weighted by Crippen LogP contribution is -2.10. The molecule has 0 amide bonds. The van der Waals surface area contributed by atoms with Crippen molar-refractivity contribution in [2.24, 2.45) is 0 Å². The van der Waals surface area contributed by atoms with Crippen LogP contribution >= 0.6 is 0 Å². The van der Waals surface area contributed by atoms with E-state index in [-0.39, 0.29) is 5.78 Å². The van der Waals surface area contributed by atoms with Gasteiger partial charge in [-0.05, 0) is 44.9 Å². The van der Waals surface area contributed by atoms with Crippen molar-refractivity contribution in [3.63, 3.8) is 0 Å². The molecule has 0 aliphatic heterocycles. The Labute approximate surface area is 83.9 Å². The monoisotopic (exact) mass is 194 g/mol. The van der Waals surface area contributed by atoms with Crippen LogP contribution in [0.3, 0.4) is 0 Å². The second-order valence-electron chi connectivity index (χ2n) is 4.06. The summed E-state index contributed by atoms with van der Waals surface area (Å²) in [6, 6.07) is 5.15. The molecule has 0 spiro atoms. The Kier molecular flexibility index (Phi) is 2.74. The van der Waals surface area contributed by atoms with E-state index in [1.807, 2.05) is 6.92 Å². The van der Waals surface area contributed by atoms with E-state index < -0.39 is 5.67 Å². The molecule has 1 nitrogen and oxygen atoms in total. The highest BCUT2D eigenvalue weighted by molar-refractivity contribution is 5.95. The lowest BCUT2D eigenvalue weighted by atomic mass is 9.94. The summed E-state index contributed by atoms with van der Waals surface area (Å²) >= 11 is 0. The van der Waals surface area contributed by atoms with Crippen molar-refractivity contribution in [1.82, 2.24) is 0 Å². The zero-order valence-electron chi connectivity index (χ0n) is 9.02. The quantitative estimate of drug-likeness (QED) is 0.659. The zero-order chi connectivity index (χ0) is 10.9. The molecule has 0 atom stereocenters. The van der Waals surface area contributed by atoms with E-state index in [0.717, 1.165) is 5.56 Å². The number of rotatable bonds is 2. The fourth-order valence-electron chi connectivity index (χ4n) is 1.37. The van der Waals surface area contributed by atoms with Gasteiger partial charge in [0.25, 0.3) is 0 Å². The van der Waals surface area contributed by atoms with Gasteiger partial charge in [0.1, 0.15) is 5.67 Å². The Morgan fingerprint density at radius 3 is 2.36 bits per heavy atom. The minimum Gasteiger partial charge on any atom is -0.295 e. The molecule has 14 heavy (non-hydrogen) atoms. The minimum absolute atomic E-state index is 0.0198. The molecule has 1 rings (SSSR count). The fraction of sp³-hybridized carbons (Fsp3) is 0.417. The van der Waals surface area contributed by atoms with E-state index in [0.29, 0.717) is 11.1 Å². The molecular weight excluding hydrogens is 179 g/mol. The van der Waals surface area contributed by atoms with Gasteiger partial charge in [0.2, 0.25) is 0 Å². The highest BCUT2D eigenvalue weighted by atomic mass is 19.1. The van der Waals surface area contributed by atoms with Crippen molar-refractivity contribution in [2.45, 2.75) is 33.4 Å². The van der Waals surface area contributed by atoms with Gasteiger partial charge < -0.3 is 0 Å². The number of hydrogen-bond acceptors (Lipinski definition) is 1. The van der Waals surface area contributed by atoms with Crippen LogP contribution in [0.4, 0.5) is 4.39 Å². The smallest absolute Gasteiger partial charge is 0.160 e. The molecule has 1 aromatic rings. The summed E-state index contributed by atoms with van der Waals surface area (Å²) in [5, 5.41) is 0. The van der Waals surface area contributed by atoms with Gasteiger partial charge in [-0.25, -0.2) is 4.39 Å². The average molecular weight is 194 g/mol. The van der Waals surface area contributed by atoms with Crippen LogP contribution in [0, 0.1) is 6.92 Å². The molecular formula is C12H15FO. The van der Waals surface area contributed by atoms with E-state index in [1.54, 1.807) is 18.2 Å². The molecule has 0 saturated heterocycles. The number of carbonyl (C=O) groups excluding carboxylic acids is 1. The van der Waals surface area contributed by atoms with E-state index in [9.17, 15) is 9.18 Å². The number of carbonyl (C=O) groups is 1. The second kappa shape index (κ2) is 3.52. The summed E-state index contributed by atoms with van der Waals surface area (Å²) < 4.78 is 13.6. The lowest BCUT2D eigenvalue weighted by molar-refractivity contribution is 0.101. The van der Waals surface area contributed by atoms with Crippen molar-refractivity contribution in [3.8, 4) is 0 Å². The molecule has 2 heteroatoms. The van der Waals surface area contributed by atoms with E-state index in [2.05, 4.69) is 0 Å². The van der Waals surface area contributed by atoms with Crippen molar-refractivity contribution in [3.05, 3.63) is 34.9 Å². The third-order valence-corrected chi connectivity index (χ3v) is 2.30. The second-order valence-corrected chi connectivity index (χ2v) is 4.06. The molecule has 0 aliphatic rings. The van der Waals surface area contributed by atoms with Crippen LogP contribution in [0.1, 0.15) is 42.3 Å². The summed E-state index contributed by atoms with van der Waals surface area (Å²) in [7, 11) is 0. The molecule has 0 bridgehead atoms. The Morgan fingerprint density at radius 2 is 1.93 bits per heavy atom. The summed E-state index contributed by atoms with van der Waals surface area (Å²) in [5.41, 5.74) is 0.657. The summed E-state index contributed by atoms with van der Waals surface area (Å²) in [5.74, 6) is -0.0198. The third-order valence-electron chi connectivity index (χ3n) is 2.30. The number of hydrogen-bond donors (Lipinski definition) is 0. The molecule has 0 aliphatic carbocycles. The molecule has 0 unspecified atom stereocenters. The van der Waals surface area contributed by atoms with E-state index in [4.69, 9.17) is 0 Å². The Hall–Kier alpha value is -1.18.